The van der Waals surface area contributed by atoms with Crippen LogP contribution in [0.25, 0.3) is 0 Å². The second kappa shape index (κ2) is 4.93. The van der Waals surface area contributed by atoms with Gasteiger partial charge < -0.3 is 26.0 Å². The number of benzene rings is 1. The molecule has 0 spiro atoms. The number of phenolic OH excluding ortho intramolecular Hbond substituents is 1. The first-order valence-corrected chi connectivity index (χ1v) is 8.55. The molecule has 1 saturated carbocycles. The lowest BCUT2D eigenvalue weighted by Gasteiger charge is -2.63. The number of likely N-dealkylation sites (N-methyl/N-ethyl adjacent to an activating group) is 1. The number of nitrogens with one attached hydrogen (secondary N) is 2. The van der Waals surface area contributed by atoms with Gasteiger partial charge in [-0.25, -0.2) is 0 Å². The summed E-state index contributed by atoms with van der Waals surface area (Å²) in [5.41, 5.74) is 1.96. The van der Waals surface area contributed by atoms with Gasteiger partial charge >= 0.3 is 0 Å². The largest absolute Gasteiger partial charge is 0.508 e. The van der Waals surface area contributed by atoms with Crippen molar-refractivity contribution in [1.29, 1.82) is 0 Å². The van der Waals surface area contributed by atoms with E-state index >= 15 is 0 Å². The molecule has 1 heterocycles. The van der Waals surface area contributed by atoms with E-state index in [-0.39, 0.29) is 17.8 Å². The van der Waals surface area contributed by atoms with E-state index in [4.69, 9.17) is 0 Å². The number of hydrogen-bond acceptors (Lipinski definition) is 5. The highest BCUT2D eigenvalue weighted by Crippen LogP contribution is 2.57. The molecule has 5 heteroatoms. The van der Waals surface area contributed by atoms with E-state index in [1.807, 2.05) is 20.0 Å². The van der Waals surface area contributed by atoms with Gasteiger partial charge in [-0.3, -0.25) is 0 Å². The number of rotatable bonds is 1. The maximum atomic E-state index is 11.7. The number of aryl methyl sites for hydroxylation is 1. The standard InChI is InChI=1S/C18H26N2O3/c1-10-5-11(21)6-13-12(10)7-16-18(23)8-14(19-2)15(22)9-17(13,18)3-4-20-16/h5-6,14-16,19-23H,3-4,7-9H2,1-2H3. The van der Waals surface area contributed by atoms with Crippen LogP contribution in [0.4, 0.5) is 0 Å². The number of aromatic hydroxyl groups is 1. The first-order chi connectivity index (χ1) is 10.9. The Morgan fingerprint density at radius 1 is 1.30 bits per heavy atom. The Balaban J connectivity index is 1.94. The Labute approximate surface area is 136 Å². The molecule has 2 bridgehead atoms. The highest BCUT2D eigenvalue weighted by Gasteiger charge is 2.64. The van der Waals surface area contributed by atoms with Crippen molar-refractivity contribution in [3.05, 3.63) is 28.8 Å². The van der Waals surface area contributed by atoms with E-state index in [9.17, 15) is 15.3 Å². The summed E-state index contributed by atoms with van der Waals surface area (Å²) in [6.07, 6.45) is 2.11. The Morgan fingerprint density at radius 3 is 2.83 bits per heavy atom. The van der Waals surface area contributed by atoms with Gasteiger partial charge in [0.05, 0.1) is 11.7 Å². The van der Waals surface area contributed by atoms with E-state index in [1.165, 1.54) is 5.56 Å². The van der Waals surface area contributed by atoms with Crippen LogP contribution < -0.4 is 10.6 Å². The summed E-state index contributed by atoms with van der Waals surface area (Å²) in [5, 5.41) is 39.1. The molecule has 1 saturated heterocycles. The van der Waals surface area contributed by atoms with Crippen molar-refractivity contribution in [3.63, 3.8) is 0 Å². The van der Waals surface area contributed by atoms with Crippen molar-refractivity contribution in [3.8, 4) is 5.75 Å². The van der Waals surface area contributed by atoms with Gasteiger partial charge in [0.25, 0.3) is 0 Å². The summed E-state index contributed by atoms with van der Waals surface area (Å²) in [4.78, 5) is 0. The Hall–Kier alpha value is -1.14. The molecule has 4 rings (SSSR count). The van der Waals surface area contributed by atoms with Crippen LogP contribution in [0.2, 0.25) is 0 Å². The highest BCUT2D eigenvalue weighted by atomic mass is 16.3. The van der Waals surface area contributed by atoms with Gasteiger partial charge in [0.1, 0.15) is 5.75 Å². The maximum absolute atomic E-state index is 11.7. The number of fused-ring (bicyclic) bond motifs is 1. The zero-order valence-electron chi connectivity index (χ0n) is 13.8. The molecule has 0 aromatic heterocycles. The second-order valence-electron chi connectivity index (χ2n) is 7.63. The van der Waals surface area contributed by atoms with Crippen LogP contribution in [0.5, 0.6) is 5.75 Å². The van der Waals surface area contributed by atoms with E-state index in [0.29, 0.717) is 12.8 Å². The molecule has 2 aliphatic carbocycles. The first-order valence-electron chi connectivity index (χ1n) is 8.55. The van der Waals surface area contributed by atoms with Crippen molar-refractivity contribution < 1.29 is 15.3 Å². The minimum Gasteiger partial charge on any atom is -0.508 e. The first kappa shape index (κ1) is 15.4. The summed E-state index contributed by atoms with van der Waals surface area (Å²) in [5.74, 6) is 0.250. The number of piperidine rings is 1. The molecular formula is C18H26N2O3. The van der Waals surface area contributed by atoms with Gasteiger partial charge in [-0.2, -0.15) is 0 Å². The Kier molecular flexibility index (Phi) is 3.30. The van der Waals surface area contributed by atoms with Crippen LogP contribution in [0.15, 0.2) is 12.1 Å². The summed E-state index contributed by atoms with van der Waals surface area (Å²) in [6, 6.07) is 3.51. The fourth-order valence-corrected chi connectivity index (χ4v) is 5.48. The third kappa shape index (κ3) is 1.88. The van der Waals surface area contributed by atoms with Gasteiger partial charge in [0.2, 0.25) is 0 Å². The summed E-state index contributed by atoms with van der Waals surface area (Å²) < 4.78 is 0. The fourth-order valence-electron chi connectivity index (χ4n) is 5.48. The number of hydrogen-bond donors (Lipinski definition) is 5. The predicted octanol–water partition coefficient (Wildman–Crippen LogP) is 0.330. The minimum atomic E-state index is -0.897. The number of phenols is 1. The smallest absolute Gasteiger partial charge is 0.116 e. The average Bonchev–Trinajstić information content (AvgIpc) is 2.48. The second-order valence-corrected chi connectivity index (χ2v) is 7.63. The van der Waals surface area contributed by atoms with E-state index < -0.39 is 17.1 Å². The van der Waals surface area contributed by atoms with Gasteiger partial charge in [-0.05, 0) is 75.0 Å². The normalized spacial score (nSPS) is 42.0. The molecule has 1 aromatic carbocycles. The molecule has 126 valence electrons. The molecule has 23 heavy (non-hydrogen) atoms. The monoisotopic (exact) mass is 318 g/mol. The molecule has 5 nitrogen and oxygen atoms in total. The molecule has 1 aromatic rings. The van der Waals surface area contributed by atoms with Crippen LogP contribution in [-0.2, 0) is 11.8 Å². The van der Waals surface area contributed by atoms with Crippen molar-refractivity contribution >= 4 is 0 Å². The summed E-state index contributed by atoms with van der Waals surface area (Å²) >= 11 is 0. The van der Waals surface area contributed by atoms with Crippen LogP contribution >= 0.6 is 0 Å². The predicted molar refractivity (Wildman–Crippen MR) is 87.7 cm³/mol. The molecule has 5 N–H and O–H groups in total. The lowest BCUT2D eigenvalue weighted by molar-refractivity contribution is -0.155. The zero-order valence-corrected chi connectivity index (χ0v) is 13.8. The van der Waals surface area contributed by atoms with E-state index in [2.05, 4.69) is 10.6 Å². The Morgan fingerprint density at radius 2 is 2.09 bits per heavy atom. The minimum absolute atomic E-state index is 0.00431. The Bertz CT molecular complexity index is 649. The van der Waals surface area contributed by atoms with Crippen LogP contribution in [-0.4, -0.2) is 52.7 Å². The lowest BCUT2D eigenvalue weighted by Crippen LogP contribution is -2.75. The molecule has 2 fully saturated rings. The molecule has 0 radical (unpaired) electrons. The quantitative estimate of drug-likeness (QED) is 0.515. The molecule has 5 atom stereocenters. The highest BCUT2D eigenvalue weighted by molar-refractivity contribution is 5.52. The van der Waals surface area contributed by atoms with Crippen molar-refractivity contribution in [2.75, 3.05) is 13.6 Å². The number of aliphatic hydroxyl groups is 2. The van der Waals surface area contributed by atoms with E-state index in [1.54, 1.807) is 6.07 Å². The SMILES string of the molecule is CNC1CC2(O)C3Cc4c(C)cc(O)cc4C2(CCN3)CC1O. The zero-order chi connectivity index (χ0) is 16.4. The van der Waals surface area contributed by atoms with Gasteiger partial charge in [-0.15, -0.1) is 0 Å². The van der Waals surface area contributed by atoms with Crippen LogP contribution in [0, 0.1) is 6.92 Å². The van der Waals surface area contributed by atoms with Crippen molar-refractivity contribution in [1.82, 2.24) is 10.6 Å². The topological polar surface area (TPSA) is 84.8 Å². The average molecular weight is 318 g/mol. The van der Waals surface area contributed by atoms with Gasteiger partial charge in [0.15, 0.2) is 0 Å². The molecule has 3 aliphatic rings. The molecule has 1 aliphatic heterocycles. The summed E-state index contributed by atoms with van der Waals surface area (Å²) in [6.45, 7) is 2.85. The fraction of sp³-hybridized carbons (Fsp3) is 0.667. The van der Waals surface area contributed by atoms with Crippen molar-refractivity contribution in [2.24, 2.45) is 0 Å². The molecule has 5 unspecified atom stereocenters. The number of aliphatic hydroxyl groups excluding tert-OH is 1. The molecule has 0 amide bonds. The third-order valence-corrected chi connectivity index (χ3v) is 6.65. The summed E-state index contributed by atoms with van der Waals surface area (Å²) in [7, 11) is 1.84. The van der Waals surface area contributed by atoms with Gasteiger partial charge in [0, 0.05) is 17.5 Å². The van der Waals surface area contributed by atoms with Crippen LogP contribution in [0.1, 0.15) is 36.0 Å². The molecular weight excluding hydrogens is 292 g/mol. The lowest BCUT2D eigenvalue weighted by atomic mass is 9.48. The maximum Gasteiger partial charge on any atom is 0.116 e. The van der Waals surface area contributed by atoms with Gasteiger partial charge in [-0.1, -0.05) is 0 Å². The third-order valence-electron chi connectivity index (χ3n) is 6.65. The van der Waals surface area contributed by atoms with E-state index in [0.717, 1.165) is 30.5 Å². The van der Waals surface area contributed by atoms with Crippen LogP contribution in [0.3, 0.4) is 0 Å². The van der Waals surface area contributed by atoms with Crippen molar-refractivity contribution in [2.45, 2.75) is 61.8 Å².